The molecule has 0 saturated heterocycles. The Morgan fingerprint density at radius 2 is 1.65 bits per heavy atom. The van der Waals surface area contributed by atoms with Crippen molar-refractivity contribution in [3.8, 4) is 5.75 Å². The predicted molar refractivity (Wildman–Crippen MR) is 81.0 cm³/mol. The Bertz CT molecular complexity index is 573. The van der Waals surface area contributed by atoms with Gasteiger partial charge in [0.05, 0.1) is 13.7 Å². The van der Waals surface area contributed by atoms with E-state index in [9.17, 15) is 4.79 Å². The molecule has 3 heteroatoms. The van der Waals surface area contributed by atoms with Crippen LogP contribution in [0.2, 0.25) is 0 Å². The molecular formula is C17H19NO2. The molecule has 2 aromatic rings. The van der Waals surface area contributed by atoms with Crippen LogP contribution < -0.4 is 9.64 Å². The van der Waals surface area contributed by atoms with E-state index in [-0.39, 0.29) is 5.91 Å². The largest absolute Gasteiger partial charge is 0.497 e. The fourth-order valence-corrected chi connectivity index (χ4v) is 2.02. The van der Waals surface area contributed by atoms with Gasteiger partial charge >= 0.3 is 0 Å². The average Bonchev–Trinajstić information content (AvgIpc) is 2.46. The number of methoxy groups -OCH3 is 1. The second-order valence-electron chi connectivity index (χ2n) is 4.79. The molecule has 0 aliphatic heterocycles. The average molecular weight is 269 g/mol. The van der Waals surface area contributed by atoms with E-state index in [4.69, 9.17) is 4.74 Å². The van der Waals surface area contributed by atoms with Crippen LogP contribution in [0.4, 0.5) is 5.69 Å². The second kappa shape index (κ2) is 6.24. The molecule has 3 nitrogen and oxygen atoms in total. The number of hydrogen-bond acceptors (Lipinski definition) is 2. The van der Waals surface area contributed by atoms with Crippen LogP contribution in [0.3, 0.4) is 0 Å². The molecule has 0 aromatic heterocycles. The summed E-state index contributed by atoms with van der Waals surface area (Å²) in [7, 11) is 1.64. The Labute approximate surface area is 119 Å². The van der Waals surface area contributed by atoms with E-state index in [0.717, 1.165) is 17.0 Å². The summed E-state index contributed by atoms with van der Waals surface area (Å²) in [6.45, 7) is 4.18. The van der Waals surface area contributed by atoms with E-state index in [2.05, 4.69) is 0 Å². The summed E-state index contributed by atoms with van der Waals surface area (Å²) < 4.78 is 5.14. The number of benzene rings is 2. The van der Waals surface area contributed by atoms with Crippen molar-refractivity contribution in [3.05, 3.63) is 59.7 Å². The summed E-state index contributed by atoms with van der Waals surface area (Å²) >= 11 is 0. The lowest BCUT2D eigenvalue weighted by Gasteiger charge is -2.21. The SMILES string of the molecule is COc1ccc(CN(C(C)=O)c2ccc(C)cc2)cc1. The Hall–Kier alpha value is -2.29. The molecule has 0 aliphatic rings. The van der Waals surface area contributed by atoms with Crippen molar-refractivity contribution in [3.63, 3.8) is 0 Å². The van der Waals surface area contributed by atoms with Gasteiger partial charge in [0, 0.05) is 12.6 Å². The van der Waals surface area contributed by atoms with Gasteiger partial charge in [0.1, 0.15) is 5.75 Å². The van der Waals surface area contributed by atoms with Crippen molar-refractivity contribution in [2.24, 2.45) is 0 Å². The van der Waals surface area contributed by atoms with Crippen LogP contribution >= 0.6 is 0 Å². The first-order valence-corrected chi connectivity index (χ1v) is 6.58. The molecule has 0 heterocycles. The van der Waals surface area contributed by atoms with Gasteiger partial charge in [-0.05, 0) is 36.8 Å². The minimum absolute atomic E-state index is 0.0321. The van der Waals surface area contributed by atoms with Gasteiger partial charge in [0.15, 0.2) is 0 Å². The molecule has 2 rings (SSSR count). The van der Waals surface area contributed by atoms with Crippen molar-refractivity contribution < 1.29 is 9.53 Å². The lowest BCUT2D eigenvalue weighted by molar-refractivity contribution is -0.116. The number of nitrogens with zero attached hydrogens (tertiary/aromatic N) is 1. The first-order chi connectivity index (χ1) is 9.60. The highest BCUT2D eigenvalue weighted by atomic mass is 16.5. The van der Waals surface area contributed by atoms with Gasteiger partial charge in [-0.2, -0.15) is 0 Å². The Morgan fingerprint density at radius 3 is 2.15 bits per heavy atom. The fourth-order valence-electron chi connectivity index (χ4n) is 2.02. The smallest absolute Gasteiger partial charge is 0.224 e. The first kappa shape index (κ1) is 14.1. The molecule has 20 heavy (non-hydrogen) atoms. The van der Waals surface area contributed by atoms with Gasteiger partial charge in [-0.3, -0.25) is 4.79 Å². The van der Waals surface area contributed by atoms with E-state index < -0.39 is 0 Å². The maximum absolute atomic E-state index is 11.9. The zero-order valence-electron chi connectivity index (χ0n) is 12.1. The topological polar surface area (TPSA) is 29.5 Å². The zero-order valence-corrected chi connectivity index (χ0v) is 12.1. The second-order valence-corrected chi connectivity index (χ2v) is 4.79. The van der Waals surface area contributed by atoms with Crippen molar-refractivity contribution in [1.29, 1.82) is 0 Å². The molecule has 0 radical (unpaired) electrons. The molecule has 0 fully saturated rings. The van der Waals surface area contributed by atoms with Crippen molar-refractivity contribution >= 4 is 11.6 Å². The normalized spacial score (nSPS) is 10.2. The number of aryl methyl sites for hydroxylation is 1. The Balaban J connectivity index is 2.20. The summed E-state index contributed by atoms with van der Waals surface area (Å²) in [6.07, 6.45) is 0. The van der Waals surface area contributed by atoms with Crippen LogP contribution in [0.1, 0.15) is 18.1 Å². The lowest BCUT2D eigenvalue weighted by atomic mass is 10.1. The molecular weight excluding hydrogens is 250 g/mol. The minimum atomic E-state index is 0.0321. The lowest BCUT2D eigenvalue weighted by Crippen LogP contribution is -2.27. The molecule has 0 N–H and O–H groups in total. The highest BCUT2D eigenvalue weighted by Crippen LogP contribution is 2.19. The number of carbonyl (C=O) groups is 1. The third kappa shape index (κ3) is 3.38. The van der Waals surface area contributed by atoms with E-state index in [1.165, 1.54) is 5.56 Å². The Morgan fingerprint density at radius 1 is 1.05 bits per heavy atom. The van der Waals surface area contributed by atoms with E-state index in [0.29, 0.717) is 6.54 Å². The molecule has 0 unspecified atom stereocenters. The van der Waals surface area contributed by atoms with E-state index in [1.807, 2.05) is 55.5 Å². The number of amides is 1. The molecule has 0 saturated carbocycles. The molecule has 0 spiro atoms. The molecule has 2 aromatic carbocycles. The summed E-state index contributed by atoms with van der Waals surface area (Å²) in [5, 5.41) is 0. The Kier molecular flexibility index (Phi) is 4.41. The van der Waals surface area contributed by atoms with Crippen LogP contribution in [-0.4, -0.2) is 13.0 Å². The van der Waals surface area contributed by atoms with Crippen molar-refractivity contribution in [2.45, 2.75) is 20.4 Å². The molecule has 0 atom stereocenters. The fraction of sp³-hybridized carbons (Fsp3) is 0.235. The number of rotatable bonds is 4. The molecule has 0 aliphatic carbocycles. The van der Waals surface area contributed by atoms with E-state index >= 15 is 0 Å². The standard InChI is InChI=1S/C17H19NO2/c1-13-4-8-16(9-5-13)18(14(2)19)12-15-6-10-17(20-3)11-7-15/h4-11H,12H2,1-3H3. The van der Waals surface area contributed by atoms with E-state index in [1.54, 1.807) is 18.9 Å². The first-order valence-electron chi connectivity index (χ1n) is 6.58. The third-order valence-electron chi connectivity index (χ3n) is 3.23. The number of carbonyl (C=O) groups excluding carboxylic acids is 1. The maximum Gasteiger partial charge on any atom is 0.224 e. The number of ether oxygens (including phenoxy) is 1. The summed E-state index contributed by atoms with van der Waals surface area (Å²) in [4.78, 5) is 13.6. The van der Waals surface area contributed by atoms with Crippen molar-refractivity contribution in [1.82, 2.24) is 0 Å². The van der Waals surface area contributed by atoms with Crippen LogP contribution in [0.15, 0.2) is 48.5 Å². The van der Waals surface area contributed by atoms with Gasteiger partial charge in [-0.25, -0.2) is 0 Å². The van der Waals surface area contributed by atoms with Crippen LogP contribution in [0.5, 0.6) is 5.75 Å². The minimum Gasteiger partial charge on any atom is -0.497 e. The number of anilines is 1. The zero-order chi connectivity index (χ0) is 14.5. The van der Waals surface area contributed by atoms with Crippen molar-refractivity contribution in [2.75, 3.05) is 12.0 Å². The summed E-state index contributed by atoms with van der Waals surface area (Å²) in [6, 6.07) is 15.7. The van der Waals surface area contributed by atoms with Gasteiger partial charge in [-0.15, -0.1) is 0 Å². The third-order valence-corrected chi connectivity index (χ3v) is 3.23. The van der Waals surface area contributed by atoms with Crippen LogP contribution in [0.25, 0.3) is 0 Å². The van der Waals surface area contributed by atoms with Gasteiger partial charge in [-0.1, -0.05) is 29.8 Å². The maximum atomic E-state index is 11.9. The summed E-state index contributed by atoms with van der Waals surface area (Å²) in [5.74, 6) is 0.850. The molecule has 104 valence electrons. The van der Waals surface area contributed by atoms with Gasteiger partial charge in [0.2, 0.25) is 5.91 Å². The summed E-state index contributed by atoms with van der Waals surface area (Å²) in [5.41, 5.74) is 3.17. The molecule has 1 amide bonds. The van der Waals surface area contributed by atoms with Gasteiger partial charge in [0.25, 0.3) is 0 Å². The predicted octanol–water partition coefficient (Wildman–Crippen LogP) is 3.56. The van der Waals surface area contributed by atoms with Gasteiger partial charge < -0.3 is 9.64 Å². The monoisotopic (exact) mass is 269 g/mol. The van der Waals surface area contributed by atoms with Crippen LogP contribution in [-0.2, 0) is 11.3 Å². The van der Waals surface area contributed by atoms with Crippen LogP contribution in [0, 0.1) is 6.92 Å². The quantitative estimate of drug-likeness (QED) is 0.849. The highest BCUT2D eigenvalue weighted by molar-refractivity contribution is 5.91. The highest BCUT2D eigenvalue weighted by Gasteiger charge is 2.11. The number of hydrogen-bond donors (Lipinski definition) is 0. The molecule has 0 bridgehead atoms.